The summed E-state index contributed by atoms with van der Waals surface area (Å²) in [5.74, 6) is 2.35. The van der Waals surface area contributed by atoms with Crippen LogP contribution in [0.25, 0.3) is 0 Å². The highest BCUT2D eigenvalue weighted by Gasteiger charge is 2.07. The molecular formula is C17H20ClNO3. The molecule has 118 valence electrons. The van der Waals surface area contributed by atoms with E-state index < -0.39 is 0 Å². The van der Waals surface area contributed by atoms with Crippen molar-refractivity contribution in [1.29, 1.82) is 0 Å². The van der Waals surface area contributed by atoms with Gasteiger partial charge in [0, 0.05) is 18.5 Å². The van der Waals surface area contributed by atoms with Crippen molar-refractivity contribution in [3.63, 3.8) is 0 Å². The smallest absolute Gasteiger partial charge is 0.220 e. The molecule has 1 amide bonds. The Morgan fingerprint density at radius 1 is 1.32 bits per heavy atom. The molecule has 1 N–H and O–H groups in total. The first-order valence-electron chi connectivity index (χ1n) is 7.26. The van der Waals surface area contributed by atoms with Crippen molar-refractivity contribution in [2.75, 3.05) is 6.61 Å². The van der Waals surface area contributed by atoms with Crippen LogP contribution in [0.5, 0.6) is 5.75 Å². The number of aryl methyl sites for hydroxylation is 2. The van der Waals surface area contributed by atoms with Crippen LogP contribution in [-0.4, -0.2) is 12.5 Å². The molecule has 0 aliphatic rings. The van der Waals surface area contributed by atoms with E-state index >= 15 is 0 Å². The number of hydrogen-bond acceptors (Lipinski definition) is 3. The monoisotopic (exact) mass is 321 g/mol. The highest BCUT2D eigenvalue weighted by molar-refractivity contribution is 6.32. The second kappa shape index (κ2) is 7.90. The van der Waals surface area contributed by atoms with E-state index in [4.69, 9.17) is 20.8 Å². The topological polar surface area (TPSA) is 51.5 Å². The van der Waals surface area contributed by atoms with E-state index in [9.17, 15) is 4.79 Å². The Hall–Kier alpha value is -1.94. The van der Waals surface area contributed by atoms with E-state index in [0.717, 1.165) is 17.1 Å². The van der Waals surface area contributed by atoms with Crippen molar-refractivity contribution in [1.82, 2.24) is 5.32 Å². The maximum absolute atomic E-state index is 11.8. The fraction of sp³-hybridized carbons (Fsp3) is 0.353. The summed E-state index contributed by atoms with van der Waals surface area (Å²) in [5.41, 5.74) is 1.01. The highest BCUT2D eigenvalue weighted by Crippen LogP contribution is 2.23. The third-order valence-electron chi connectivity index (χ3n) is 3.26. The maximum Gasteiger partial charge on any atom is 0.220 e. The van der Waals surface area contributed by atoms with Crippen LogP contribution in [0.15, 0.2) is 34.7 Å². The molecule has 1 aromatic heterocycles. The molecule has 0 saturated carbocycles. The van der Waals surface area contributed by atoms with E-state index in [1.165, 1.54) is 0 Å². The van der Waals surface area contributed by atoms with Crippen LogP contribution >= 0.6 is 11.6 Å². The Labute approximate surface area is 135 Å². The van der Waals surface area contributed by atoms with Gasteiger partial charge in [0.2, 0.25) is 5.91 Å². The van der Waals surface area contributed by atoms with Gasteiger partial charge in [-0.2, -0.15) is 0 Å². The molecule has 22 heavy (non-hydrogen) atoms. The van der Waals surface area contributed by atoms with Crippen LogP contribution in [-0.2, 0) is 11.3 Å². The molecule has 0 unspecified atom stereocenters. The molecule has 1 heterocycles. The average molecular weight is 322 g/mol. The predicted molar refractivity (Wildman–Crippen MR) is 86.2 cm³/mol. The van der Waals surface area contributed by atoms with Gasteiger partial charge in [0.1, 0.15) is 17.3 Å². The minimum absolute atomic E-state index is 0.000937. The van der Waals surface area contributed by atoms with Crippen LogP contribution in [0.3, 0.4) is 0 Å². The first-order chi connectivity index (χ1) is 10.6. The Morgan fingerprint density at radius 2 is 2.09 bits per heavy atom. The van der Waals surface area contributed by atoms with Gasteiger partial charge in [-0.3, -0.25) is 4.79 Å². The molecule has 0 radical (unpaired) electrons. The maximum atomic E-state index is 11.8. The zero-order chi connectivity index (χ0) is 15.9. The molecule has 0 spiro atoms. The summed E-state index contributed by atoms with van der Waals surface area (Å²) in [6, 6.07) is 9.24. The van der Waals surface area contributed by atoms with Crippen molar-refractivity contribution >= 4 is 17.5 Å². The van der Waals surface area contributed by atoms with Crippen molar-refractivity contribution in [2.45, 2.75) is 33.2 Å². The van der Waals surface area contributed by atoms with E-state index in [2.05, 4.69) is 5.32 Å². The summed E-state index contributed by atoms with van der Waals surface area (Å²) < 4.78 is 11.0. The van der Waals surface area contributed by atoms with Crippen LogP contribution in [0.1, 0.15) is 29.9 Å². The standard InChI is InChI=1S/C17H20ClNO3/c1-12-10-14(13(2)22-12)11-19-17(20)8-5-9-21-16-7-4-3-6-15(16)18/h3-4,6-7,10H,5,8-9,11H2,1-2H3,(H,19,20). The van der Waals surface area contributed by atoms with Gasteiger partial charge in [-0.15, -0.1) is 0 Å². The Bertz CT molecular complexity index is 637. The largest absolute Gasteiger partial charge is 0.492 e. The second-order valence-electron chi connectivity index (χ2n) is 5.10. The molecule has 2 aromatic rings. The molecule has 0 fully saturated rings. The van der Waals surface area contributed by atoms with Crippen LogP contribution in [0.2, 0.25) is 5.02 Å². The van der Waals surface area contributed by atoms with E-state index in [-0.39, 0.29) is 5.91 Å². The van der Waals surface area contributed by atoms with Crippen molar-refractivity contribution in [2.24, 2.45) is 0 Å². The third-order valence-corrected chi connectivity index (χ3v) is 3.57. The summed E-state index contributed by atoms with van der Waals surface area (Å²) in [7, 11) is 0. The van der Waals surface area contributed by atoms with Gasteiger partial charge in [0.05, 0.1) is 11.6 Å². The summed E-state index contributed by atoms with van der Waals surface area (Å²) in [4.78, 5) is 11.8. The van der Waals surface area contributed by atoms with E-state index in [0.29, 0.717) is 36.8 Å². The van der Waals surface area contributed by atoms with Gasteiger partial charge in [-0.1, -0.05) is 23.7 Å². The molecule has 2 rings (SSSR count). The first kappa shape index (κ1) is 16.4. The number of benzene rings is 1. The van der Waals surface area contributed by atoms with Crippen molar-refractivity contribution in [3.8, 4) is 5.75 Å². The molecule has 4 nitrogen and oxygen atoms in total. The minimum atomic E-state index is 0.000937. The lowest BCUT2D eigenvalue weighted by Gasteiger charge is -2.08. The molecular weight excluding hydrogens is 302 g/mol. The lowest BCUT2D eigenvalue weighted by Crippen LogP contribution is -2.23. The second-order valence-corrected chi connectivity index (χ2v) is 5.50. The number of carbonyl (C=O) groups excluding carboxylic acids is 1. The third kappa shape index (κ3) is 4.81. The van der Waals surface area contributed by atoms with Gasteiger partial charge < -0.3 is 14.5 Å². The lowest BCUT2D eigenvalue weighted by molar-refractivity contribution is -0.121. The predicted octanol–water partition coefficient (Wildman–Crippen LogP) is 4.03. The molecule has 0 aliphatic heterocycles. The molecule has 0 aliphatic carbocycles. The van der Waals surface area contributed by atoms with Crippen molar-refractivity contribution < 1.29 is 13.9 Å². The Balaban J connectivity index is 1.66. The normalized spacial score (nSPS) is 10.5. The Morgan fingerprint density at radius 3 is 2.77 bits per heavy atom. The lowest BCUT2D eigenvalue weighted by atomic mass is 10.2. The summed E-state index contributed by atoms with van der Waals surface area (Å²) >= 11 is 5.99. The number of para-hydroxylation sites is 1. The number of furan rings is 1. The molecule has 0 saturated heterocycles. The highest BCUT2D eigenvalue weighted by atomic mass is 35.5. The molecule has 0 atom stereocenters. The van der Waals surface area contributed by atoms with Gasteiger partial charge >= 0.3 is 0 Å². The van der Waals surface area contributed by atoms with E-state index in [1.807, 2.05) is 38.1 Å². The van der Waals surface area contributed by atoms with Crippen LogP contribution in [0.4, 0.5) is 0 Å². The van der Waals surface area contributed by atoms with Crippen LogP contribution in [0, 0.1) is 13.8 Å². The number of nitrogens with one attached hydrogen (secondary N) is 1. The number of amides is 1. The van der Waals surface area contributed by atoms with Gasteiger partial charge in [0.25, 0.3) is 0 Å². The SMILES string of the molecule is Cc1cc(CNC(=O)CCCOc2ccccc2Cl)c(C)o1. The quantitative estimate of drug-likeness (QED) is 0.783. The number of ether oxygens (including phenoxy) is 1. The molecule has 5 heteroatoms. The van der Waals surface area contributed by atoms with Gasteiger partial charge in [0.15, 0.2) is 0 Å². The fourth-order valence-electron chi connectivity index (χ4n) is 2.12. The number of carbonyl (C=O) groups is 1. The van der Waals surface area contributed by atoms with Gasteiger partial charge in [-0.05, 0) is 38.5 Å². The average Bonchev–Trinajstić information content (AvgIpc) is 2.81. The summed E-state index contributed by atoms with van der Waals surface area (Å²) in [6.07, 6.45) is 1.06. The molecule has 0 bridgehead atoms. The number of halogens is 1. The summed E-state index contributed by atoms with van der Waals surface area (Å²) in [5, 5.41) is 3.46. The number of rotatable bonds is 7. The van der Waals surface area contributed by atoms with Gasteiger partial charge in [-0.25, -0.2) is 0 Å². The molecule has 1 aromatic carbocycles. The zero-order valence-electron chi connectivity index (χ0n) is 12.8. The first-order valence-corrected chi connectivity index (χ1v) is 7.64. The van der Waals surface area contributed by atoms with Crippen molar-refractivity contribution in [3.05, 3.63) is 52.4 Å². The number of hydrogen-bond donors (Lipinski definition) is 1. The summed E-state index contributed by atoms with van der Waals surface area (Å²) in [6.45, 7) is 4.74. The zero-order valence-corrected chi connectivity index (χ0v) is 13.6. The minimum Gasteiger partial charge on any atom is -0.492 e. The van der Waals surface area contributed by atoms with E-state index in [1.54, 1.807) is 6.07 Å². The fourth-order valence-corrected chi connectivity index (χ4v) is 2.31. The van der Waals surface area contributed by atoms with Crippen LogP contribution < -0.4 is 10.1 Å². The Kier molecular flexibility index (Phi) is 5.90.